The van der Waals surface area contributed by atoms with Crippen molar-refractivity contribution in [1.82, 2.24) is 20.1 Å². The number of nitrogens with zero attached hydrogens (tertiary/aromatic N) is 2. The number of amides is 2. The van der Waals surface area contributed by atoms with Crippen molar-refractivity contribution in [3.63, 3.8) is 0 Å². The SMILES string of the molecule is Cn1cc(C[C@H](NC(=O)OC(C)(C)C)C(=O)Nc2cn[nH]c2)c2ccccc21. The van der Waals surface area contributed by atoms with E-state index in [1.807, 2.05) is 42.1 Å². The van der Waals surface area contributed by atoms with Crippen LogP contribution in [0.25, 0.3) is 10.9 Å². The number of carbonyl (C=O) groups is 2. The molecule has 0 aliphatic carbocycles. The van der Waals surface area contributed by atoms with Gasteiger partial charge in [0.15, 0.2) is 0 Å². The summed E-state index contributed by atoms with van der Waals surface area (Å²) in [5.74, 6) is -0.347. The molecule has 8 heteroatoms. The summed E-state index contributed by atoms with van der Waals surface area (Å²) in [6.07, 6.45) is 4.73. The van der Waals surface area contributed by atoms with Gasteiger partial charge in [-0.3, -0.25) is 9.89 Å². The van der Waals surface area contributed by atoms with Crippen molar-refractivity contribution in [3.05, 3.63) is 48.4 Å². The predicted octanol–water partition coefficient (Wildman–Crippen LogP) is 2.98. The lowest BCUT2D eigenvalue weighted by Gasteiger charge is -2.23. The van der Waals surface area contributed by atoms with Crippen LogP contribution in [-0.2, 0) is 23.0 Å². The quantitative estimate of drug-likeness (QED) is 0.630. The smallest absolute Gasteiger partial charge is 0.408 e. The largest absolute Gasteiger partial charge is 0.444 e. The minimum absolute atomic E-state index is 0.324. The van der Waals surface area contributed by atoms with Gasteiger partial charge in [0.2, 0.25) is 5.91 Å². The number of ether oxygens (including phenoxy) is 1. The molecule has 0 spiro atoms. The maximum Gasteiger partial charge on any atom is 0.408 e. The molecule has 2 amide bonds. The lowest BCUT2D eigenvalue weighted by atomic mass is 10.0. The fourth-order valence-corrected chi connectivity index (χ4v) is 3.02. The van der Waals surface area contributed by atoms with E-state index in [4.69, 9.17) is 4.74 Å². The molecular weight excluding hydrogens is 358 g/mol. The molecule has 0 saturated carbocycles. The summed E-state index contributed by atoms with van der Waals surface area (Å²) < 4.78 is 7.33. The van der Waals surface area contributed by atoms with Crippen LogP contribution in [0, 0.1) is 0 Å². The first-order valence-corrected chi connectivity index (χ1v) is 9.05. The highest BCUT2D eigenvalue weighted by Gasteiger charge is 2.26. The third-order valence-electron chi connectivity index (χ3n) is 4.18. The van der Waals surface area contributed by atoms with E-state index in [0.29, 0.717) is 12.1 Å². The Morgan fingerprint density at radius 1 is 1.29 bits per heavy atom. The van der Waals surface area contributed by atoms with Crippen molar-refractivity contribution >= 4 is 28.6 Å². The van der Waals surface area contributed by atoms with E-state index < -0.39 is 17.7 Å². The zero-order chi connectivity index (χ0) is 20.3. The molecular formula is C20H25N5O3. The summed E-state index contributed by atoms with van der Waals surface area (Å²) in [6, 6.07) is 7.13. The van der Waals surface area contributed by atoms with Crippen LogP contribution in [-0.4, -0.2) is 38.4 Å². The summed E-state index contributed by atoms with van der Waals surface area (Å²) >= 11 is 0. The first kappa shape index (κ1) is 19.5. The van der Waals surface area contributed by atoms with Crippen LogP contribution < -0.4 is 10.6 Å². The molecule has 3 aromatic rings. The molecule has 0 bridgehead atoms. The van der Waals surface area contributed by atoms with Crippen LogP contribution in [0.3, 0.4) is 0 Å². The molecule has 0 aliphatic heterocycles. The highest BCUT2D eigenvalue weighted by Crippen LogP contribution is 2.22. The normalized spacial score (nSPS) is 12.6. The van der Waals surface area contributed by atoms with Crippen LogP contribution in [0.1, 0.15) is 26.3 Å². The third-order valence-corrected chi connectivity index (χ3v) is 4.18. The number of aromatic nitrogens is 3. The van der Waals surface area contributed by atoms with Crippen molar-refractivity contribution in [1.29, 1.82) is 0 Å². The third kappa shape index (κ3) is 4.70. The number of aromatic amines is 1. The van der Waals surface area contributed by atoms with Crippen LogP contribution in [0.2, 0.25) is 0 Å². The van der Waals surface area contributed by atoms with E-state index in [-0.39, 0.29) is 5.91 Å². The predicted molar refractivity (Wildman–Crippen MR) is 107 cm³/mol. The maximum absolute atomic E-state index is 12.8. The number of anilines is 1. The van der Waals surface area contributed by atoms with E-state index in [1.165, 1.54) is 6.20 Å². The number of hydrogen-bond acceptors (Lipinski definition) is 4. The second kappa shape index (κ2) is 7.75. The summed E-state index contributed by atoms with van der Waals surface area (Å²) in [6.45, 7) is 5.33. The zero-order valence-corrected chi connectivity index (χ0v) is 16.4. The molecule has 0 aliphatic rings. The van der Waals surface area contributed by atoms with Gasteiger partial charge in [-0.1, -0.05) is 18.2 Å². The Morgan fingerprint density at radius 3 is 2.71 bits per heavy atom. The monoisotopic (exact) mass is 383 g/mol. The van der Waals surface area contributed by atoms with Crippen molar-refractivity contribution < 1.29 is 14.3 Å². The van der Waals surface area contributed by atoms with Crippen molar-refractivity contribution in [3.8, 4) is 0 Å². The van der Waals surface area contributed by atoms with E-state index in [9.17, 15) is 9.59 Å². The van der Waals surface area contributed by atoms with Crippen molar-refractivity contribution in [2.75, 3.05) is 5.32 Å². The fourth-order valence-electron chi connectivity index (χ4n) is 3.02. The minimum atomic E-state index is -0.810. The van der Waals surface area contributed by atoms with Crippen molar-refractivity contribution in [2.24, 2.45) is 7.05 Å². The van der Waals surface area contributed by atoms with Gasteiger partial charge in [0.1, 0.15) is 11.6 Å². The molecule has 3 N–H and O–H groups in total. The molecule has 0 unspecified atom stereocenters. The highest BCUT2D eigenvalue weighted by molar-refractivity contribution is 5.97. The Balaban J connectivity index is 1.84. The number of nitrogens with one attached hydrogen (secondary N) is 3. The number of hydrogen-bond donors (Lipinski definition) is 3. The molecule has 1 atom stereocenters. The van der Waals surface area contributed by atoms with Gasteiger partial charge < -0.3 is 19.9 Å². The molecule has 0 radical (unpaired) electrons. The Kier molecular flexibility index (Phi) is 5.39. The van der Waals surface area contributed by atoms with Gasteiger partial charge in [0.05, 0.1) is 11.9 Å². The Bertz CT molecular complexity index is 970. The first-order chi connectivity index (χ1) is 13.2. The molecule has 1 aromatic carbocycles. The van der Waals surface area contributed by atoms with Crippen LogP contribution >= 0.6 is 0 Å². The number of rotatable bonds is 5. The lowest BCUT2D eigenvalue weighted by Crippen LogP contribution is -2.47. The van der Waals surface area contributed by atoms with E-state index in [2.05, 4.69) is 20.8 Å². The molecule has 2 aromatic heterocycles. The van der Waals surface area contributed by atoms with Crippen LogP contribution in [0.15, 0.2) is 42.9 Å². The summed E-state index contributed by atoms with van der Waals surface area (Å²) in [4.78, 5) is 25.1. The van der Waals surface area contributed by atoms with Gasteiger partial charge in [-0.15, -0.1) is 0 Å². The van der Waals surface area contributed by atoms with Gasteiger partial charge in [-0.2, -0.15) is 5.10 Å². The zero-order valence-electron chi connectivity index (χ0n) is 16.4. The Morgan fingerprint density at radius 2 is 2.04 bits per heavy atom. The van der Waals surface area contributed by atoms with Crippen LogP contribution in [0.5, 0.6) is 0 Å². The number of fused-ring (bicyclic) bond motifs is 1. The number of alkyl carbamates (subject to hydrolysis) is 1. The number of benzene rings is 1. The number of para-hydroxylation sites is 1. The van der Waals surface area contributed by atoms with Crippen LogP contribution in [0.4, 0.5) is 10.5 Å². The minimum Gasteiger partial charge on any atom is -0.444 e. The molecule has 0 saturated heterocycles. The molecule has 148 valence electrons. The number of H-pyrrole nitrogens is 1. The number of carbonyl (C=O) groups excluding carboxylic acids is 2. The van der Waals surface area contributed by atoms with E-state index >= 15 is 0 Å². The highest BCUT2D eigenvalue weighted by atomic mass is 16.6. The van der Waals surface area contributed by atoms with Gasteiger partial charge >= 0.3 is 6.09 Å². The maximum atomic E-state index is 12.8. The standard InChI is InChI=1S/C20H25N5O3/c1-20(2,3)28-19(27)24-16(18(26)23-14-10-21-22-11-14)9-13-12-25(4)17-8-6-5-7-15(13)17/h5-8,10-12,16H,9H2,1-4H3,(H,21,22)(H,23,26)(H,24,27)/t16-/m0/s1. The molecule has 0 fully saturated rings. The topological polar surface area (TPSA) is 101 Å². The lowest BCUT2D eigenvalue weighted by molar-refractivity contribution is -0.118. The van der Waals surface area contributed by atoms with Gasteiger partial charge in [-0.05, 0) is 32.4 Å². The molecule has 2 heterocycles. The summed E-state index contributed by atoms with van der Waals surface area (Å²) in [5.41, 5.74) is 1.89. The summed E-state index contributed by atoms with van der Waals surface area (Å²) in [7, 11) is 1.95. The molecule has 8 nitrogen and oxygen atoms in total. The average Bonchev–Trinajstić information content (AvgIpc) is 3.21. The van der Waals surface area contributed by atoms with Crippen molar-refractivity contribution in [2.45, 2.75) is 38.8 Å². The van der Waals surface area contributed by atoms with Gasteiger partial charge in [-0.25, -0.2) is 4.79 Å². The molecule has 3 rings (SSSR count). The molecule has 28 heavy (non-hydrogen) atoms. The fraction of sp³-hybridized carbons (Fsp3) is 0.350. The second-order valence-electron chi connectivity index (χ2n) is 7.66. The first-order valence-electron chi connectivity index (χ1n) is 9.05. The van der Waals surface area contributed by atoms with Gasteiger partial charge in [0.25, 0.3) is 0 Å². The summed E-state index contributed by atoms with van der Waals surface area (Å²) in [5, 5.41) is 12.9. The van der Waals surface area contributed by atoms with Gasteiger partial charge in [0, 0.05) is 36.8 Å². The Labute approximate surface area is 163 Å². The van der Waals surface area contributed by atoms with E-state index in [0.717, 1.165) is 16.5 Å². The Hall–Kier alpha value is -3.29. The number of aryl methyl sites for hydroxylation is 1. The van der Waals surface area contributed by atoms with E-state index in [1.54, 1.807) is 27.0 Å². The average molecular weight is 383 g/mol. The second-order valence-corrected chi connectivity index (χ2v) is 7.66.